The van der Waals surface area contributed by atoms with Crippen molar-refractivity contribution in [2.75, 3.05) is 26.2 Å². The second kappa shape index (κ2) is 9.88. The molecular formula is C20H30N2O3S. The average Bonchev–Trinajstić information content (AvgIpc) is 2.60. The molecule has 0 spiro atoms. The Morgan fingerprint density at radius 2 is 1.54 bits per heavy atom. The van der Waals surface area contributed by atoms with Crippen LogP contribution in [0.5, 0.6) is 0 Å². The monoisotopic (exact) mass is 378 g/mol. The SMILES string of the molecule is CCN(CC)S(=O)(=O)c1ccc(/C=C/C(=O)N2CCCCCCC2)cc1. The molecule has 144 valence electrons. The third kappa shape index (κ3) is 5.42. The van der Waals surface area contributed by atoms with Crippen LogP contribution >= 0.6 is 0 Å². The maximum atomic E-state index is 12.5. The number of hydrogen-bond acceptors (Lipinski definition) is 3. The highest BCUT2D eigenvalue weighted by molar-refractivity contribution is 7.89. The lowest BCUT2D eigenvalue weighted by Crippen LogP contribution is -2.32. The van der Waals surface area contributed by atoms with E-state index in [1.807, 2.05) is 18.7 Å². The normalized spacial score (nSPS) is 16.7. The van der Waals surface area contributed by atoms with Gasteiger partial charge in [-0.2, -0.15) is 4.31 Å². The van der Waals surface area contributed by atoms with E-state index in [9.17, 15) is 13.2 Å². The smallest absolute Gasteiger partial charge is 0.246 e. The van der Waals surface area contributed by atoms with Crippen LogP contribution in [0.3, 0.4) is 0 Å². The van der Waals surface area contributed by atoms with Gasteiger partial charge in [-0.15, -0.1) is 0 Å². The summed E-state index contributed by atoms with van der Waals surface area (Å²) in [4.78, 5) is 14.6. The Balaban J connectivity index is 2.04. The molecule has 1 saturated heterocycles. The molecule has 26 heavy (non-hydrogen) atoms. The molecule has 0 aliphatic carbocycles. The predicted octanol–water partition coefficient (Wildman–Crippen LogP) is 3.52. The third-order valence-corrected chi connectivity index (χ3v) is 6.87. The molecule has 0 aromatic heterocycles. The molecule has 1 aromatic rings. The van der Waals surface area contributed by atoms with Gasteiger partial charge in [-0.3, -0.25) is 4.79 Å². The zero-order valence-electron chi connectivity index (χ0n) is 15.9. The molecule has 1 aromatic carbocycles. The van der Waals surface area contributed by atoms with E-state index in [4.69, 9.17) is 0 Å². The minimum Gasteiger partial charge on any atom is -0.339 e. The van der Waals surface area contributed by atoms with Crippen LogP contribution in [0.15, 0.2) is 35.2 Å². The summed E-state index contributed by atoms with van der Waals surface area (Å²) in [6.45, 7) is 6.20. The second-order valence-corrected chi connectivity index (χ2v) is 8.52. The Morgan fingerprint density at radius 1 is 1.00 bits per heavy atom. The van der Waals surface area contributed by atoms with Crippen molar-refractivity contribution < 1.29 is 13.2 Å². The summed E-state index contributed by atoms with van der Waals surface area (Å²) in [5.74, 6) is 0.0340. The number of likely N-dealkylation sites (tertiary alicyclic amines) is 1. The summed E-state index contributed by atoms with van der Waals surface area (Å²) in [6, 6.07) is 6.70. The van der Waals surface area contributed by atoms with Gasteiger partial charge in [0.1, 0.15) is 0 Å². The highest BCUT2D eigenvalue weighted by Crippen LogP contribution is 2.17. The summed E-state index contributed by atoms with van der Waals surface area (Å²) in [6.07, 6.45) is 9.13. The standard InChI is InChI=1S/C20H30N2O3S/c1-3-22(4-2)26(24,25)19-13-10-18(11-14-19)12-15-20(23)21-16-8-6-5-7-9-17-21/h10-15H,3-9,16-17H2,1-2H3/b15-12+. The number of carbonyl (C=O) groups excluding carboxylic acids is 1. The highest BCUT2D eigenvalue weighted by atomic mass is 32.2. The number of rotatable bonds is 6. The first-order valence-corrected chi connectivity index (χ1v) is 11.0. The Labute approximate surface area is 157 Å². The number of carbonyl (C=O) groups is 1. The fourth-order valence-corrected chi connectivity index (χ4v) is 4.66. The molecule has 0 bridgehead atoms. The molecule has 5 nitrogen and oxygen atoms in total. The molecule has 0 atom stereocenters. The Morgan fingerprint density at radius 3 is 2.08 bits per heavy atom. The van der Waals surface area contributed by atoms with Gasteiger partial charge in [-0.1, -0.05) is 45.2 Å². The van der Waals surface area contributed by atoms with Crippen LogP contribution in [-0.2, 0) is 14.8 Å². The Hall–Kier alpha value is -1.66. The molecule has 1 heterocycles. The van der Waals surface area contributed by atoms with Crippen LogP contribution in [0, 0.1) is 0 Å². The zero-order chi connectivity index (χ0) is 19.0. The first-order valence-electron chi connectivity index (χ1n) is 9.56. The molecule has 6 heteroatoms. The number of benzene rings is 1. The number of hydrogen-bond donors (Lipinski definition) is 0. The second-order valence-electron chi connectivity index (χ2n) is 6.58. The third-order valence-electron chi connectivity index (χ3n) is 4.81. The first kappa shape index (κ1) is 20.6. The minimum atomic E-state index is -3.44. The summed E-state index contributed by atoms with van der Waals surface area (Å²) in [5, 5.41) is 0. The van der Waals surface area contributed by atoms with Crippen molar-refractivity contribution in [3.05, 3.63) is 35.9 Å². The van der Waals surface area contributed by atoms with Crippen LogP contribution in [0.1, 0.15) is 51.5 Å². The van der Waals surface area contributed by atoms with Gasteiger partial charge >= 0.3 is 0 Å². The van der Waals surface area contributed by atoms with Crippen LogP contribution in [0.4, 0.5) is 0 Å². The lowest BCUT2D eigenvalue weighted by atomic mass is 10.1. The van der Waals surface area contributed by atoms with Gasteiger partial charge in [-0.25, -0.2) is 8.42 Å². The van der Waals surface area contributed by atoms with Crippen molar-refractivity contribution in [1.29, 1.82) is 0 Å². The van der Waals surface area contributed by atoms with Crippen molar-refractivity contribution >= 4 is 22.0 Å². The van der Waals surface area contributed by atoms with E-state index in [1.165, 1.54) is 23.6 Å². The van der Waals surface area contributed by atoms with E-state index in [2.05, 4.69) is 0 Å². The minimum absolute atomic E-state index is 0.0340. The number of nitrogens with zero attached hydrogens (tertiary/aromatic N) is 2. The molecule has 2 rings (SSSR count). The summed E-state index contributed by atoms with van der Waals surface area (Å²) >= 11 is 0. The van der Waals surface area contributed by atoms with E-state index in [-0.39, 0.29) is 10.8 Å². The zero-order valence-corrected chi connectivity index (χ0v) is 16.7. The predicted molar refractivity (Wildman–Crippen MR) is 105 cm³/mol. The molecular weight excluding hydrogens is 348 g/mol. The largest absolute Gasteiger partial charge is 0.339 e. The molecule has 0 radical (unpaired) electrons. The lowest BCUT2D eigenvalue weighted by molar-refractivity contribution is -0.126. The molecule has 1 fully saturated rings. The van der Waals surface area contributed by atoms with E-state index in [1.54, 1.807) is 36.4 Å². The maximum Gasteiger partial charge on any atom is 0.246 e. The van der Waals surface area contributed by atoms with Gasteiger partial charge in [0.05, 0.1) is 4.90 Å². The number of sulfonamides is 1. The molecule has 1 aliphatic rings. The van der Waals surface area contributed by atoms with Gasteiger partial charge in [0.25, 0.3) is 0 Å². The van der Waals surface area contributed by atoms with Crippen LogP contribution in [-0.4, -0.2) is 49.7 Å². The van der Waals surface area contributed by atoms with E-state index in [0.29, 0.717) is 13.1 Å². The average molecular weight is 379 g/mol. The Kier molecular flexibility index (Phi) is 7.85. The lowest BCUT2D eigenvalue weighted by Gasteiger charge is -2.23. The molecule has 0 saturated carbocycles. The van der Waals surface area contributed by atoms with Gasteiger partial charge in [-0.05, 0) is 36.6 Å². The molecule has 0 unspecified atom stereocenters. The highest BCUT2D eigenvalue weighted by Gasteiger charge is 2.21. The number of amides is 1. The van der Waals surface area contributed by atoms with E-state index < -0.39 is 10.0 Å². The molecule has 1 amide bonds. The van der Waals surface area contributed by atoms with Crippen LogP contribution < -0.4 is 0 Å². The summed E-state index contributed by atoms with van der Waals surface area (Å²) in [7, 11) is -3.44. The van der Waals surface area contributed by atoms with Gasteiger partial charge in [0.15, 0.2) is 0 Å². The first-order chi connectivity index (χ1) is 12.5. The van der Waals surface area contributed by atoms with Crippen molar-refractivity contribution in [3.63, 3.8) is 0 Å². The van der Waals surface area contributed by atoms with Crippen LogP contribution in [0.25, 0.3) is 6.08 Å². The quantitative estimate of drug-likeness (QED) is 0.712. The van der Waals surface area contributed by atoms with Crippen molar-refractivity contribution in [3.8, 4) is 0 Å². The van der Waals surface area contributed by atoms with Gasteiger partial charge in [0, 0.05) is 32.3 Å². The topological polar surface area (TPSA) is 57.7 Å². The molecule has 1 aliphatic heterocycles. The van der Waals surface area contributed by atoms with E-state index in [0.717, 1.165) is 31.5 Å². The van der Waals surface area contributed by atoms with Crippen molar-refractivity contribution in [2.24, 2.45) is 0 Å². The van der Waals surface area contributed by atoms with Crippen LogP contribution in [0.2, 0.25) is 0 Å². The van der Waals surface area contributed by atoms with Crippen molar-refractivity contribution in [2.45, 2.75) is 50.8 Å². The van der Waals surface area contributed by atoms with Gasteiger partial charge < -0.3 is 4.90 Å². The van der Waals surface area contributed by atoms with Gasteiger partial charge in [0.2, 0.25) is 15.9 Å². The fraction of sp³-hybridized carbons (Fsp3) is 0.550. The maximum absolute atomic E-state index is 12.5. The summed E-state index contributed by atoms with van der Waals surface area (Å²) < 4.78 is 26.4. The summed E-state index contributed by atoms with van der Waals surface area (Å²) in [5.41, 5.74) is 0.823. The Bertz CT molecular complexity index is 699. The molecule has 0 N–H and O–H groups in total. The van der Waals surface area contributed by atoms with Crippen molar-refractivity contribution in [1.82, 2.24) is 9.21 Å². The fourth-order valence-electron chi connectivity index (χ4n) is 3.20. The van der Waals surface area contributed by atoms with E-state index >= 15 is 0 Å².